The summed E-state index contributed by atoms with van der Waals surface area (Å²) in [6.45, 7) is 0. The van der Waals surface area contributed by atoms with Crippen LogP contribution in [0.1, 0.15) is 22.7 Å². The van der Waals surface area contributed by atoms with E-state index >= 15 is 0 Å². The van der Waals surface area contributed by atoms with Gasteiger partial charge in [0, 0.05) is 27.6 Å². The summed E-state index contributed by atoms with van der Waals surface area (Å²) < 4.78 is 2.38. The van der Waals surface area contributed by atoms with Crippen molar-refractivity contribution in [2.24, 2.45) is 4.99 Å². The summed E-state index contributed by atoms with van der Waals surface area (Å²) in [5.41, 5.74) is 15.1. The third-order valence-electron chi connectivity index (χ3n) is 11.7. The van der Waals surface area contributed by atoms with Crippen molar-refractivity contribution in [2.75, 3.05) is 0 Å². The lowest BCUT2D eigenvalue weighted by Gasteiger charge is -2.25. The largest absolute Gasteiger partial charge is 0.359 e. The van der Waals surface area contributed by atoms with Crippen LogP contribution < -0.4 is 5.32 Å². The van der Waals surface area contributed by atoms with Gasteiger partial charge in [0.25, 0.3) is 0 Å². The van der Waals surface area contributed by atoms with Crippen LogP contribution in [0.4, 0.5) is 0 Å². The Hall–Kier alpha value is -7.75. The minimum Gasteiger partial charge on any atom is -0.359 e. The van der Waals surface area contributed by atoms with Gasteiger partial charge in [0.1, 0.15) is 5.84 Å². The molecule has 1 aromatic heterocycles. The zero-order valence-corrected chi connectivity index (χ0v) is 32.3. The summed E-state index contributed by atoms with van der Waals surface area (Å²) in [7, 11) is 0. The normalized spacial score (nSPS) is 13.9. The van der Waals surface area contributed by atoms with Crippen LogP contribution in [0.5, 0.6) is 0 Å². The lowest BCUT2D eigenvalue weighted by Crippen LogP contribution is -2.31. The van der Waals surface area contributed by atoms with E-state index < -0.39 is 0 Å². The van der Waals surface area contributed by atoms with Crippen molar-refractivity contribution in [3.8, 4) is 39.1 Å². The number of nitrogens with one attached hydrogen (secondary N) is 1. The minimum absolute atomic E-state index is 0.0537. The van der Waals surface area contributed by atoms with Gasteiger partial charge in [-0.3, -0.25) is 0 Å². The number of nitrogens with zero attached hydrogens (tertiary/aromatic N) is 2. The van der Waals surface area contributed by atoms with E-state index in [2.05, 4.69) is 228 Å². The number of hydrogen-bond donors (Lipinski definition) is 1. The molecule has 0 radical (unpaired) electrons. The fraction of sp³-hybridized carbons (Fsp3) is 0.0179. The molecule has 10 aromatic rings. The average molecular weight is 754 g/mol. The molecule has 3 heteroatoms. The number of aliphatic imine (C=N–C) groups is 1. The number of para-hydroxylation sites is 2. The summed E-state index contributed by atoms with van der Waals surface area (Å²) >= 11 is 0. The molecular weight excluding hydrogens is 715 g/mol. The molecule has 0 bridgehead atoms. The maximum absolute atomic E-state index is 5.28. The maximum Gasteiger partial charge on any atom is 0.134 e. The van der Waals surface area contributed by atoms with Crippen molar-refractivity contribution in [1.29, 1.82) is 0 Å². The second-order valence-electron chi connectivity index (χ2n) is 15.2. The fourth-order valence-corrected chi connectivity index (χ4v) is 8.77. The van der Waals surface area contributed by atoms with Crippen molar-refractivity contribution in [3.63, 3.8) is 0 Å². The third-order valence-corrected chi connectivity index (χ3v) is 11.7. The lowest BCUT2D eigenvalue weighted by molar-refractivity contribution is 0.781. The Morgan fingerprint density at radius 3 is 1.54 bits per heavy atom. The Morgan fingerprint density at radius 1 is 0.373 bits per heavy atom. The van der Waals surface area contributed by atoms with Crippen molar-refractivity contribution in [2.45, 2.75) is 6.04 Å². The Balaban J connectivity index is 0.948. The van der Waals surface area contributed by atoms with Crippen molar-refractivity contribution in [1.82, 2.24) is 9.88 Å². The van der Waals surface area contributed by atoms with Gasteiger partial charge in [-0.1, -0.05) is 194 Å². The Bertz CT molecular complexity index is 3160. The molecule has 0 fully saturated rings. The predicted octanol–water partition coefficient (Wildman–Crippen LogP) is 14.1. The first-order chi connectivity index (χ1) is 29.2. The van der Waals surface area contributed by atoms with Gasteiger partial charge in [0.05, 0.1) is 22.8 Å². The van der Waals surface area contributed by atoms with Crippen molar-refractivity contribution in [3.05, 3.63) is 241 Å². The smallest absolute Gasteiger partial charge is 0.134 e. The fourth-order valence-electron chi connectivity index (χ4n) is 8.77. The molecule has 0 saturated carbocycles. The highest BCUT2D eigenvalue weighted by molar-refractivity contribution is 6.10. The third kappa shape index (κ3) is 6.30. The molecule has 0 spiro atoms. The van der Waals surface area contributed by atoms with Gasteiger partial charge in [0.2, 0.25) is 0 Å². The van der Waals surface area contributed by atoms with Crippen molar-refractivity contribution < 1.29 is 0 Å². The number of rotatable bonds is 7. The maximum atomic E-state index is 5.28. The Morgan fingerprint density at radius 2 is 0.864 bits per heavy atom. The predicted molar refractivity (Wildman–Crippen MR) is 248 cm³/mol. The minimum atomic E-state index is -0.0537. The highest BCUT2D eigenvalue weighted by atomic mass is 15.0. The van der Waals surface area contributed by atoms with Crippen LogP contribution in [0, 0.1) is 0 Å². The van der Waals surface area contributed by atoms with E-state index in [1.807, 2.05) is 6.07 Å². The van der Waals surface area contributed by atoms with Gasteiger partial charge < -0.3 is 9.88 Å². The van der Waals surface area contributed by atoms with E-state index in [9.17, 15) is 0 Å². The van der Waals surface area contributed by atoms with Gasteiger partial charge in [-0.2, -0.15) is 0 Å². The lowest BCUT2D eigenvalue weighted by atomic mass is 9.91. The number of fused-ring (bicyclic) bond motifs is 4. The molecule has 59 heavy (non-hydrogen) atoms. The molecule has 278 valence electrons. The van der Waals surface area contributed by atoms with Crippen molar-refractivity contribution >= 4 is 44.1 Å². The average Bonchev–Trinajstić information content (AvgIpc) is 3.66. The van der Waals surface area contributed by atoms with Gasteiger partial charge in [-0.25, -0.2) is 4.99 Å². The zero-order valence-electron chi connectivity index (χ0n) is 32.3. The van der Waals surface area contributed by atoms with Gasteiger partial charge in [-0.05, 0) is 80.1 Å². The van der Waals surface area contributed by atoms with Crippen LogP contribution in [0.3, 0.4) is 0 Å². The van der Waals surface area contributed by atoms with Crippen LogP contribution >= 0.6 is 0 Å². The van der Waals surface area contributed by atoms with Crippen LogP contribution in [-0.4, -0.2) is 10.4 Å². The topological polar surface area (TPSA) is 29.3 Å². The molecule has 0 amide bonds. The second kappa shape index (κ2) is 14.6. The molecule has 3 nitrogen and oxygen atoms in total. The van der Waals surface area contributed by atoms with E-state index in [-0.39, 0.29) is 6.04 Å². The number of aromatic nitrogens is 1. The zero-order chi connectivity index (χ0) is 39.1. The van der Waals surface area contributed by atoms with E-state index in [1.165, 1.54) is 71.5 Å². The molecule has 9 aromatic carbocycles. The van der Waals surface area contributed by atoms with Crippen LogP contribution in [0.2, 0.25) is 0 Å². The number of hydrogen-bond acceptors (Lipinski definition) is 2. The first kappa shape index (κ1) is 34.5. The molecule has 1 N–H and O–H groups in total. The Labute approximate surface area is 343 Å². The molecule has 1 aliphatic rings. The van der Waals surface area contributed by atoms with Crippen LogP contribution in [0.15, 0.2) is 229 Å². The van der Waals surface area contributed by atoms with Crippen LogP contribution in [-0.2, 0) is 0 Å². The summed E-state index contributed by atoms with van der Waals surface area (Å²) in [6.07, 6.45) is 2.27. The van der Waals surface area contributed by atoms with E-state index in [0.717, 1.165) is 28.3 Å². The molecular formula is C56H39N3. The quantitative estimate of drug-likeness (QED) is 0.173. The number of benzene rings is 9. The number of amidine groups is 1. The Kier molecular flexibility index (Phi) is 8.56. The molecule has 0 aliphatic carbocycles. The molecule has 2 heterocycles. The first-order valence-corrected chi connectivity index (χ1v) is 20.2. The molecule has 1 aliphatic heterocycles. The molecule has 1 atom stereocenters. The van der Waals surface area contributed by atoms with Gasteiger partial charge in [0.15, 0.2) is 0 Å². The van der Waals surface area contributed by atoms with E-state index in [0.29, 0.717) is 0 Å². The van der Waals surface area contributed by atoms with E-state index in [1.54, 1.807) is 0 Å². The molecule has 1 unspecified atom stereocenters. The first-order valence-electron chi connectivity index (χ1n) is 20.2. The highest BCUT2D eigenvalue weighted by Gasteiger charge is 2.22. The SMILES string of the molecule is C1=C(c2ccc(-c3ccc(-c4cccc(-n5c6ccccc6c6ccccc65)c4)cc3)c3ccccc23)N=C(c2ccccc2)NC1c1ccc(-c2ccccc2)cc1. The summed E-state index contributed by atoms with van der Waals surface area (Å²) in [5, 5.41) is 8.66. The monoisotopic (exact) mass is 753 g/mol. The molecule has 0 saturated heterocycles. The second-order valence-corrected chi connectivity index (χ2v) is 15.2. The van der Waals surface area contributed by atoms with Crippen LogP contribution in [0.25, 0.3) is 77.3 Å². The highest BCUT2D eigenvalue weighted by Crippen LogP contribution is 2.38. The standard InChI is InChI=1S/C56H39N3/c1-3-14-38(15-4-1)39-28-32-42(33-29-39)52-37-53(58-56(57-52)43-16-5-2-6-17-43)49-35-34-46(47-20-7-8-21-48(47)49)41-30-26-40(27-31-41)44-18-13-19-45(36-44)59-54-24-11-9-22-50(54)51-23-10-12-25-55(51)59/h1-37,52H,(H,57,58). The summed E-state index contributed by atoms with van der Waals surface area (Å²) in [5.74, 6) is 0.867. The summed E-state index contributed by atoms with van der Waals surface area (Å²) in [4.78, 5) is 5.28. The summed E-state index contributed by atoms with van der Waals surface area (Å²) in [6, 6.07) is 78.3. The van der Waals surface area contributed by atoms with Gasteiger partial charge in [-0.15, -0.1) is 0 Å². The van der Waals surface area contributed by atoms with Gasteiger partial charge >= 0.3 is 0 Å². The van der Waals surface area contributed by atoms with E-state index in [4.69, 9.17) is 4.99 Å². The molecule has 11 rings (SSSR count).